The number of piperidine rings is 2. The minimum absolute atomic E-state index is 0.0126. The van der Waals surface area contributed by atoms with Crippen LogP contribution < -0.4 is 5.32 Å². The third-order valence-corrected chi connectivity index (χ3v) is 10.6. The summed E-state index contributed by atoms with van der Waals surface area (Å²) in [6.07, 6.45) is 3.37. The predicted octanol–water partition coefficient (Wildman–Crippen LogP) is 4.15. The van der Waals surface area contributed by atoms with Gasteiger partial charge >= 0.3 is 18.1 Å². The number of hydrogen-bond donors (Lipinski definition) is 3. The summed E-state index contributed by atoms with van der Waals surface area (Å²) in [5, 5.41) is 23.0. The van der Waals surface area contributed by atoms with E-state index in [1.165, 1.54) is 0 Å². The fraction of sp³-hybridized carbons (Fsp3) is 0.556. The number of carboxylic acid groups (broad SMARTS) is 1. The first-order valence-electron chi connectivity index (χ1n) is 17.3. The number of benzene rings is 2. The van der Waals surface area contributed by atoms with Gasteiger partial charge in [-0.1, -0.05) is 30.3 Å². The van der Waals surface area contributed by atoms with Crippen LogP contribution in [0, 0.1) is 13.8 Å². The van der Waals surface area contributed by atoms with Crippen molar-refractivity contribution in [3.8, 4) is 5.75 Å². The highest BCUT2D eigenvalue weighted by atomic mass is 16.6. The molecule has 12 nitrogen and oxygen atoms in total. The number of aliphatic carboxylic acids is 1. The van der Waals surface area contributed by atoms with Crippen LogP contribution in [0.2, 0.25) is 0 Å². The molecule has 0 saturated carbocycles. The summed E-state index contributed by atoms with van der Waals surface area (Å²) in [7, 11) is 0. The van der Waals surface area contributed by atoms with E-state index in [4.69, 9.17) is 4.74 Å². The number of amides is 4. The van der Waals surface area contributed by atoms with E-state index >= 15 is 0 Å². The molecule has 4 aliphatic rings. The fourth-order valence-electron chi connectivity index (χ4n) is 7.96. The molecule has 4 heterocycles. The van der Waals surface area contributed by atoms with Crippen LogP contribution in [0.4, 0.5) is 15.3 Å². The van der Waals surface area contributed by atoms with Crippen LogP contribution in [-0.4, -0.2) is 117 Å². The number of para-hydroxylation sites is 1. The van der Waals surface area contributed by atoms with E-state index < -0.39 is 24.2 Å². The summed E-state index contributed by atoms with van der Waals surface area (Å²) >= 11 is 0. The van der Waals surface area contributed by atoms with Gasteiger partial charge in [0.1, 0.15) is 11.8 Å². The Labute approximate surface area is 281 Å². The van der Waals surface area contributed by atoms with Gasteiger partial charge in [-0.3, -0.25) is 14.5 Å². The first kappa shape index (κ1) is 33.6. The number of rotatable bonds is 7. The maximum atomic E-state index is 14.0. The van der Waals surface area contributed by atoms with Crippen molar-refractivity contribution in [2.75, 3.05) is 44.6 Å². The van der Waals surface area contributed by atoms with Crippen molar-refractivity contribution in [3.05, 3.63) is 58.7 Å². The van der Waals surface area contributed by atoms with Crippen LogP contribution in [0.15, 0.2) is 36.4 Å². The van der Waals surface area contributed by atoms with Gasteiger partial charge in [-0.25, -0.2) is 9.59 Å². The van der Waals surface area contributed by atoms with Crippen molar-refractivity contribution < 1.29 is 34.1 Å². The van der Waals surface area contributed by atoms with Crippen LogP contribution in [0.5, 0.6) is 5.75 Å². The number of phenols is 1. The smallest absolute Gasteiger partial charge is 0.410 e. The van der Waals surface area contributed by atoms with Crippen LogP contribution in [0.1, 0.15) is 60.8 Å². The number of ether oxygens (including phenoxy) is 1. The highest BCUT2D eigenvalue weighted by molar-refractivity contribution is 5.91. The molecule has 0 bridgehead atoms. The molecular formula is C36H47N5O7. The first-order chi connectivity index (χ1) is 23.1. The average Bonchev–Trinajstić information content (AvgIpc) is 3.52. The zero-order chi connectivity index (χ0) is 33.9. The number of nitrogens with one attached hydrogen (secondary N) is 1. The minimum Gasteiger partial charge on any atom is -0.507 e. The lowest BCUT2D eigenvalue weighted by molar-refractivity contribution is -0.146. The second kappa shape index (κ2) is 14.4. The number of aromatic hydroxyl groups is 1. The number of likely N-dealkylation sites (tertiary alicyclic amines) is 3. The second-order valence-electron chi connectivity index (χ2n) is 13.7. The highest BCUT2D eigenvalue weighted by Crippen LogP contribution is 2.29. The van der Waals surface area contributed by atoms with Crippen molar-refractivity contribution in [2.24, 2.45) is 0 Å². The summed E-state index contributed by atoms with van der Waals surface area (Å²) in [6.45, 7) is 6.69. The molecule has 1 unspecified atom stereocenters. The van der Waals surface area contributed by atoms with E-state index in [-0.39, 0.29) is 36.2 Å². The summed E-state index contributed by atoms with van der Waals surface area (Å²) in [6, 6.07) is 11.0. The van der Waals surface area contributed by atoms with Crippen LogP contribution in [0.3, 0.4) is 0 Å². The summed E-state index contributed by atoms with van der Waals surface area (Å²) < 4.78 is 6.01. The van der Waals surface area contributed by atoms with Crippen molar-refractivity contribution in [3.63, 3.8) is 0 Å². The first-order valence-corrected chi connectivity index (χ1v) is 17.3. The maximum absolute atomic E-state index is 14.0. The summed E-state index contributed by atoms with van der Waals surface area (Å²) in [5.41, 5.74) is 4.10. The average molecular weight is 662 g/mol. The molecule has 258 valence electrons. The minimum atomic E-state index is -1.05. The Hall–Kier alpha value is -4.32. The molecule has 0 spiro atoms. The second-order valence-corrected chi connectivity index (χ2v) is 13.7. The van der Waals surface area contributed by atoms with Gasteiger partial charge in [-0.15, -0.1) is 0 Å². The topological polar surface area (TPSA) is 143 Å². The lowest BCUT2D eigenvalue weighted by atomic mass is 9.98. The Morgan fingerprint density at radius 1 is 0.896 bits per heavy atom. The lowest BCUT2D eigenvalue weighted by Gasteiger charge is -2.40. The van der Waals surface area contributed by atoms with Crippen LogP contribution in [-0.2, 0) is 27.2 Å². The van der Waals surface area contributed by atoms with Crippen molar-refractivity contribution in [2.45, 2.75) is 89.4 Å². The largest absolute Gasteiger partial charge is 0.507 e. The van der Waals surface area contributed by atoms with Gasteiger partial charge in [0.15, 0.2) is 6.10 Å². The monoisotopic (exact) mass is 661 g/mol. The van der Waals surface area contributed by atoms with E-state index in [1.54, 1.807) is 23.6 Å². The molecule has 48 heavy (non-hydrogen) atoms. The number of hydrogen-bond acceptors (Lipinski definition) is 7. The summed E-state index contributed by atoms with van der Waals surface area (Å²) in [5.74, 6) is -0.856. The number of carbonyl (C=O) groups is 4. The van der Waals surface area contributed by atoms with E-state index in [1.807, 2.05) is 41.3 Å². The number of nitrogens with zero attached hydrogens (tertiary/aromatic N) is 4. The molecule has 6 rings (SSSR count). The molecular weight excluding hydrogens is 614 g/mol. The third-order valence-electron chi connectivity index (χ3n) is 10.6. The van der Waals surface area contributed by atoms with E-state index in [0.717, 1.165) is 36.2 Å². The van der Waals surface area contributed by atoms with E-state index in [0.29, 0.717) is 76.0 Å². The van der Waals surface area contributed by atoms with Gasteiger partial charge in [0.2, 0.25) is 0 Å². The van der Waals surface area contributed by atoms with Crippen LogP contribution in [0.25, 0.3) is 0 Å². The van der Waals surface area contributed by atoms with Crippen molar-refractivity contribution in [1.29, 1.82) is 0 Å². The van der Waals surface area contributed by atoms with E-state index in [2.05, 4.69) is 10.2 Å². The Kier molecular flexibility index (Phi) is 10.1. The standard InChI is InChI=1S/C36H47N5O7/c1-23-20-25(21-24(2)32(23)42)22-31(33(43)38-15-10-27(11-16-38)40-14-5-8-30(40)34(44)45)48-36(47)39-17-12-28(13-18-39)41-19-9-26-6-3-4-7-29(26)37-35(41)46/h3-4,6-7,20-21,27-28,30-31,42H,5,8-19,22H2,1-2H3,(H,37,46)(H,44,45)/t30?,31-/m1/s1. The Morgan fingerprint density at radius 2 is 1.54 bits per heavy atom. The normalized spacial score (nSPS) is 21.8. The quantitative estimate of drug-likeness (QED) is 0.402. The molecule has 0 radical (unpaired) electrons. The number of anilines is 1. The zero-order valence-corrected chi connectivity index (χ0v) is 27.9. The molecule has 0 aromatic heterocycles. The SMILES string of the molecule is Cc1cc(C[C@@H](OC(=O)N2CCC(N3CCc4ccccc4NC3=O)CC2)C(=O)N2CCC(N3CCCC3C(=O)O)CC2)cc(C)c1O. The molecule has 3 fully saturated rings. The van der Waals surface area contributed by atoms with E-state index in [9.17, 15) is 29.4 Å². The molecule has 4 aliphatic heterocycles. The van der Waals surface area contributed by atoms with Crippen molar-refractivity contribution >= 4 is 29.7 Å². The number of carbonyl (C=O) groups excluding carboxylic acids is 3. The van der Waals surface area contributed by atoms with Gasteiger partial charge in [0.25, 0.3) is 5.91 Å². The van der Waals surface area contributed by atoms with Gasteiger partial charge in [-0.05, 0) is 93.7 Å². The van der Waals surface area contributed by atoms with Crippen LogP contribution >= 0.6 is 0 Å². The molecule has 4 amide bonds. The molecule has 2 atom stereocenters. The maximum Gasteiger partial charge on any atom is 0.410 e. The number of phenolic OH excluding ortho intramolecular Hbond substituents is 1. The fourth-order valence-corrected chi connectivity index (χ4v) is 7.96. The van der Waals surface area contributed by atoms with Crippen molar-refractivity contribution in [1.82, 2.24) is 19.6 Å². The van der Waals surface area contributed by atoms with Gasteiger partial charge in [0.05, 0.1) is 0 Å². The molecule has 3 N–H and O–H groups in total. The predicted molar refractivity (Wildman–Crippen MR) is 179 cm³/mol. The molecule has 2 aromatic rings. The third kappa shape index (κ3) is 7.23. The zero-order valence-electron chi connectivity index (χ0n) is 27.9. The van der Waals surface area contributed by atoms with Gasteiger partial charge in [0, 0.05) is 56.9 Å². The number of aryl methyl sites for hydroxylation is 2. The number of carboxylic acids is 1. The Bertz CT molecular complexity index is 1510. The highest BCUT2D eigenvalue weighted by Gasteiger charge is 2.39. The Morgan fingerprint density at radius 3 is 2.23 bits per heavy atom. The lowest BCUT2D eigenvalue weighted by Crippen LogP contribution is -2.53. The number of urea groups is 1. The Balaban J connectivity index is 1.09. The molecule has 3 saturated heterocycles. The summed E-state index contributed by atoms with van der Waals surface area (Å²) in [4.78, 5) is 59.7. The number of fused-ring (bicyclic) bond motifs is 1. The molecule has 2 aromatic carbocycles. The molecule has 12 heteroatoms. The van der Waals surface area contributed by atoms with Gasteiger partial charge in [-0.2, -0.15) is 0 Å². The van der Waals surface area contributed by atoms with Gasteiger partial charge < -0.3 is 35.0 Å². The molecule has 0 aliphatic carbocycles.